The molecule has 4 aliphatic rings. The predicted molar refractivity (Wildman–Crippen MR) is 66.1 cm³/mol. The van der Waals surface area contributed by atoms with Gasteiger partial charge in [0, 0.05) is 0 Å². The van der Waals surface area contributed by atoms with Crippen molar-refractivity contribution in [1.82, 2.24) is 0 Å². The van der Waals surface area contributed by atoms with E-state index >= 15 is 0 Å². The Bertz CT molecular complexity index is 269. The molecule has 1 heteroatoms. The van der Waals surface area contributed by atoms with Gasteiger partial charge >= 0.3 is 0 Å². The Morgan fingerprint density at radius 3 is 2.31 bits per heavy atom. The van der Waals surface area contributed by atoms with Gasteiger partial charge in [-0.1, -0.05) is 20.3 Å². The number of hydrogen-bond acceptors (Lipinski definition) is 1. The minimum absolute atomic E-state index is 0.0114. The van der Waals surface area contributed by atoms with E-state index in [9.17, 15) is 5.11 Å². The molecule has 1 N–H and O–H groups in total. The Morgan fingerprint density at radius 2 is 1.81 bits per heavy atom. The summed E-state index contributed by atoms with van der Waals surface area (Å²) in [6.45, 7) is 4.68. The molecule has 0 aromatic carbocycles. The average molecular weight is 222 g/mol. The molecule has 0 saturated heterocycles. The summed E-state index contributed by atoms with van der Waals surface area (Å²) in [7, 11) is 0. The van der Waals surface area contributed by atoms with Crippen LogP contribution in [0.5, 0.6) is 0 Å². The number of rotatable bonds is 3. The number of aliphatic hydroxyl groups is 1. The minimum Gasteiger partial charge on any atom is -0.393 e. The molecule has 0 aliphatic heterocycles. The summed E-state index contributed by atoms with van der Waals surface area (Å²) in [5, 5.41) is 10.5. The molecule has 0 aromatic heterocycles. The highest BCUT2D eigenvalue weighted by atomic mass is 16.3. The maximum atomic E-state index is 10.5. The first kappa shape index (κ1) is 11.1. The van der Waals surface area contributed by atoms with Crippen LogP contribution < -0.4 is 0 Å². The van der Waals surface area contributed by atoms with Crippen molar-refractivity contribution >= 4 is 0 Å². The van der Waals surface area contributed by atoms with Gasteiger partial charge in [0.15, 0.2) is 0 Å². The van der Waals surface area contributed by atoms with E-state index in [1.54, 1.807) is 0 Å². The normalized spacial score (nSPS) is 51.9. The second-order valence-corrected chi connectivity index (χ2v) is 7.44. The largest absolute Gasteiger partial charge is 0.393 e. The fourth-order valence-electron chi connectivity index (χ4n) is 5.77. The van der Waals surface area contributed by atoms with Crippen molar-refractivity contribution in [2.75, 3.05) is 0 Å². The Hall–Kier alpha value is -0.0400. The van der Waals surface area contributed by atoms with Crippen molar-refractivity contribution in [2.45, 2.75) is 71.3 Å². The second kappa shape index (κ2) is 3.48. The molecule has 0 amide bonds. The van der Waals surface area contributed by atoms with Crippen LogP contribution in [0.25, 0.3) is 0 Å². The summed E-state index contributed by atoms with van der Waals surface area (Å²) < 4.78 is 0. The van der Waals surface area contributed by atoms with Gasteiger partial charge < -0.3 is 5.11 Å². The summed E-state index contributed by atoms with van der Waals surface area (Å²) in [6, 6.07) is 0. The lowest BCUT2D eigenvalue weighted by atomic mass is 9.43. The molecule has 0 heterocycles. The van der Waals surface area contributed by atoms with E-state index in [0.29, 0.717) is 10.8 Å². The maximum absolute atomic E-state index is 10.5. The molecular weight excluding hydrogens is 196 g/mol. The van der Waals surface area contributed by atoms with Crippen LogP contribution in [0.3, 0.4) is 0 Å². The molecular formula is C15H26O. The van der Waals surface area contributed by atoms with Gasteiger partial charge in [0.05, 0.1) is 6.10 Å². The fraction of sp³-hybridized carbons (Fsp3) is 1.00. The molecule has 4 saturated carbocycles. The molecule has 4 fully saturated rings. The van der Waals surface area contributed by atoms with E-state index in [1.165, 1.54) is 38.5 Å². The zero-order chi connectivity index (χ0) is 11.4. The topological polar surface area (TPSA) is 20.2 Å². The van der Waals surface area contributed by atoms with Crippen LogP contribution in [-0.4, -0.2) is 11.2 Å². The van der Waals surface area contributed by atoms with Crippen molar-refractivity contribution < 1.29 is 5.11 Å². The van der Waals surface area contributed by atoms with Crippen molar-refractivity contribution in [3.8, 4) is 0 Å². The quantitative estimate of drug-likeness (QED) is 0.771. The minimum atomic E-state index is -0.0114. The van der Waals surface area contributed by atoms with Gasteiger partial charge in [-0.25, -0.2) is 0 Å². The third-order valence-electron chi connectivity index (χ3n) is 5.67. The molecule has 1 nitrogen and oxygen atoms in total. The van der Waals surface area contributed by atoms with Crippen molar-refractivity contribution in [1.29, 1.82) is 0 Å². The summed E-state index contributed by atoms with van der Waals surface area (Å²) in [4.78, 5) is 0. The van der Waals surface area contributed by atoms with Crippen LogP contribution in [0.4, 0.5) is 0 Å². The highest BCUT2D eigenvalue weighted by molar-refractivity contribution is 5.08. The van der Waals surface area contributed by atoms with Crippen LogP contribution in [0.2, 0.25) is 0 Å². The third kappa shape index (κ3) is 1.54. The highest BCUT2D eigenvalue weighted by Crippen LogP contribution is 2.66. The molecule has 3 unspecified atom stereocenters. The molecule has 92 valence electrons. The monoisotopic (exact) mass is 222 g/mol. The Kier molecular flexibility index (Phi) is 2.41. The van der Waals surface area contributed by atoms with Crippen LogP contribution in [0.1, 0.15) is 65.2 Å². The van der Waals surface area contributed by atoms with Crippen LogP contribution in [-0.2, 0) is 0 Å². The third-order valence-corrected chi connectivity index (χ3v) is 5.67. The van der Waals surface area contributed by atoms with Crippen molar-refractivity contribution in [2.24, 2.45) is 22.7 Å². The standard InChI is InChI=1S/C15H26O/c1-3-4-13(16)15-8-11-5-12(9-15)7-14(2,6-11)10-15/h11-13,16H,3-10H2,1-2H3. The molecule has 16 heavy (non-hydrogen) atoms. The van der Waals surface area contributed by atoms with E-state index in [-0.39, 0.29) is 6.10 Å². The Balaban J connectivity index is 1.86. The highest BCUT2D eigenvalue weighted by Gasteiger charge is 2.57. The number of hydrogen-bond donors (Lipinski definition) is 1. The summed E-state index contributed by atoms with van der Waals surface area (Å²) in [6.07, 6.45) is 10.5. The van der Waals surface area contributed by atoms with Crippen molar-refractivity contribution in [3.63, 3.8) is 0 Å². The lowest BCUT2D eigenvalue weighted by molar-refractivity contribution is -0.154. The number of aliphatic hydroxyl groups excluding tert-OH is 1. The first-order valence-electron chi connectivity index (χ1n) is 7.23. The molecule has 3 atom stereocenters. The zero-order valence-corrected chi connectivity index (χ0v) is 10.8. The Labute approximate surface area is 99.6 Å². The first-order chi connectivity index (χ1) is 7.55. The van der Waals surface area contributed by atoms with Crippen LogP contribution >= 0.6 is 0 Å². The molecule has 0 radical (unpaired) electrons. The Morgan fingerprint density at radius 1 is 1.19 bits per heavy atom. The first-order valence-corrected chi connectivity index (χ1v) is 7.23. The summed E-state index contributed by atoms with van der Waals surface area (Å²) in [5.41, 5.74) is 0.910. The maximum Gasteiger partial charge on any atom is 0.0596 e. The van der Waals surface area contributed by atoms with Crippen LogP contribution in [0, 0.1) is 22.7 Å². The smallest absolute Gasteiger partial charge is 0.0596 e. The zero-order valence-electron chi connectivity index (χ0n) is 10.8. The summed E-state index contributed by atoms with van der Waals surface area (Å²) >= 11 is 0. The van der Waals surface area contributed by atoms with E-state index in [0.717, 1.165) is 24.7 Å². The predicted octanol–water partition coefficient (Wildman–Crippen LogP) is 3.75. The average Bonchev–Trinajstić information content (AvgIpc) is 2.13. The van der Waals surface area contributed by atoms with Gasteiger partial charge in [-0.05, 0) is 67.6 Å². The van der Waals surface area contributed by atoms with Gasteiger partial charge in [0.2, 0.25) is 0 Å². The van der Waals surface area contributed by atoms with E-state index < -0.39 is 0 Å². The van der Waals surface area contributed by atoms with Crippen LogP contribution in [0.15, 0.2) is 0 Å². The molecule has 4 aliphatic carbocycles. The van der Waals surface area contributed by atoms with Gasteiger partial charge in [-0.3, -0.25) is 0 Å². The fourth-order valence-corrected chi connectivity index (χ4v) is 5.77. The molecule has 4 rings (SSSR count). The lowest BCUT2D eigenvalue weighted by Crippen LogP contribution is -2.55. The summed E-state index contributed by atoms with van der Waals surface area (Å²) in [5.74, 6) is 1.88. The van der Waals surface area contributed by atoms with E-state index in [2.05, 4.69) is 13.8 Å². The van der Waals surface area contributed by atoms with Gasteiger partial charge in [0.25, 0.3) is 0 Å². The molecule has 0 spiro atoms. The second-order valence-electron chi connectivity index (χ2n) is 7.44. The van der Waals surface area contributed by atoms with Gasteiger partial charge in [-0.2, -0.15) is 0 Å². The van der Waals surface area contributed by atoms with E-state index in [1.807, 2.05) is 0 Å². The molecule has 4 bridgehead atoms. The molecule has 0 aromatic rings. The van der Waals surface area contributed by atoms with Gasteiger partial charge in [-0.15, -0.1) is 0 Å². The van der Waals surface area contributed by atoms with Gasteiger partial charge in [0.1, 0.15) is 0 Å². The van der Waals surface area contributed by atoms with E-state index in [4.69, 9.17) is 0 Å². The van der Waals surface area contributed by atoms with Crippen molar-refractivity contribution in [3.05, 3.63) is 0 Å². The lowest BCUT2D eigenvalue weighted by Gasteiger charge is -2.62. The SMILES string of the molecule is CCCC(O)C12CC3CC(CC(C)(C3)C1)C2.